The standard InChI is InChI=1S/C48H30/c1-2-14-31(15-3-1)34-28-29-44(37-19-7-6-18-36(34)37)47-40-22-10-12-24-42(40)48(43-25-13-11-23-41(43)47)45-30-33-27-26-32-16-4-5-17-35(32)46(33)39-21-9-8-20-38(39)45/h1-30H/i10D,11D,12D,13D,22D,23D,24D,25D. The molecule has 0 heteroatoms. The Bertz CT molecular complexity index is 3250. The van der Waals surface area contributed by atoms with Gasteiger partial charge < -0.3 is 0 Å². The van der Waals surface area contributed by atoms with Gasteiger partial charge in [-0.15, -0.1) is 0 Å². The Kier molecular flexibility index (Phi) is 4.46. The van der Waals surface area contributed by atoms with E-state index in [0.29, 0.717) is 22.3 Å². The van der Waals surface area contributed by atoms with Gasteiger partial charge in [0, 0.05) is 0 Å². The highest BCUT2D eigenvalue weighted by Gasteiger charge is 2.21. The first-order valence-electron chi connectivity index (χ1n) is 20.0. The minimum atomic E-state index is -0.421. The molecule has 0 fully saturated rings. The van der Waals surface area contributed by atoms with E-state index in [9.17, 15) is 5.48 Å². The maximum Gasteiger partial charge on any atom is 0.0629 e. The van der Waals surface area contributed by atoms with Crippen LogP contribution in [0.1, 0.15) is 11.0 Å². The second-order valence-electron chi connectivity index (χ2n) is 12.2. The average molecular weight is 615 g/mol. The number of fused-ring (bicyclic) bond motifs is 8. The minimum absolute atomic E-state index is 0.198. The molecule has 0 bridgehead atoms. The van der Waals surface area contributed by atoms with Crippen LogP contribution >= 0.6 is 0 Å². The van der Waals surface area contributed by atoms with Gasteiger partial charge in [-0.2, -0.15) is 0 Å². The van der Waals surface area contributed by atoms with Gasteiger partial charge in [-0.05, 0) is 104 Å². The van der Waals surface area contributed by atoms with Crippen LogP contribution in [0.5, 0.6) is 0 Å². The molecule has 10 aromatic rings. The molecule has 0 N–H and O–H groups in total. The van der Waals surface area contributed by atoms with Crippen LogP contribution in [0.25, 0.3) is 98.0 Å². The first-order valence-corrected chi connectivity index (χ1v) is 16.0. The van der Waals surface area contributed by atoms with Gasteiger partial charge in [0.1, 0.15) is 0 Å². The summed E-state index contributed by atoms with van der Waals surface area (Å²) in [4.78, 5) is 0. The van der Waals surface area contributed by atoms with Crippen LogP contribution in [-0.2, 0) is 0 Å². The highest BCUT2D eigenvalue weighted by atomic mass is 14.2. The summed E-state index contributed by atoms with van der Waals surface area (Å²) in [6.45, 7) is 0. The third-order valence-corrected chi connectivity index (χ3v) is 9.67. The van der Waals surface area contributed by atoms with E-state index in [1.807, 2.05) is 115 Å². The third kappa shape index (κ3) is 3.96. The molecule has 0 aliphatic rings. The molecule has 0 aliphatic heterocycles. The van der Waals surface area contributed by atoms with Crippen molar-refractivity contribution in [1.82, 2.24) is 0 Å². The quantitative estimate of drug-likeness (QED) is 0.137. The Hall–Kier alpha value is -6.24. The molecular weight excluding hydrogens is 577 g/mol. The van der Waals surface area contributed by atoms with E-state index in [1.165, 1.54) is 0 Å². The molecule has 10 aromatic carbocycles. The van der Waals surface area contributed by atoms with Gasteiger partial charge in [-0.25, -0.2) is 0 Å². The third-order valence-electron chi connectivity index (χ3n) is 9.67. The van der Waals surface area contributed by atoms with Gasteiger partial charge in [-0.1, -0.05) is 176 Å². The molecule has 0 spiro atoms. The van der Waals surface area contributed by atoms with Crippen molar-refractivity contribution in [2.45, 2.75) is 0 Å². The van der Waals surface area contributed by atoms with Crippen molar-refractivity contribution in [2.75, 3.05) is 0 Å². The SMILES string of the molecule is [2H]c1c([2H])c([2H])c2c(-c3cc4ccc5ccccc5c4c4ccccc34)c3c([2H])c([2H])c([2H])c([2H])c3c(-c3ccc(-c4ccccc4)c4ccccc34)c2c1[2H]. The highest BCUT2D eigenvalue weighted by molar-refractivity contribution is 6.29. The minimum Gasteiger partial charge on any atom is -0.0622 e. The van der Waals surface area contributed by atoms with Crippen molar-refractivity contribution >= 4 is 64.6 Å². The fraction of sp³-hybridized carbons (Fsp3) is 0. The van der Waals surface area contributed by atoms with Crippen LogP contribution in [0.4, 0.5) is 0 Å². The van der Waals surface area contributed by atoms with Crippen LogP contribution in [-0.4, -0.2) is 0 Å². The maximum absolute atomic E-state index is 9.58. The lowest BCUT2D eigenvalue weighted by Crippen LogP contribution is -1.93. The Labute approximate surface area is 290 Å². The average Bonchev–Trinajstić information content (AvgIpc) is 3.24. The summed E-state index contributed by atoms with van der Waals surface area (Å²) in [5.41, 5.74) is 3.86. The maximum atomic E-state index is 9.58. The molecule has 0 aromatic heterocycles. The summed E-state index contributed by atoms with van der Waals surface area (Å²) in [6, 6.07) is 41.1. The molecule has 0 atom stereocenters. The number of rotatable bonds is 3. The fourth-order valence-electron chi connectivity index (χ4n) is 7.64. The molecule has 48 heavy (non-hydrogen) atoms. The zero-order valence-electron chi connectivity index (χ0n) is 33.7. The Morgan fingerprint density at radius 2 is 0.771 bits per heavy atom. The van der Waals surface area contributed by atoms with E-state index < -0.39 is 24.2 Å². The topological polar surface area (TPSA) is 0 Å². The lowest BCUT2D eigenvalue weighted by Gasteiger charge is -2.21. The Morgan fingerprint density at radius 1 is 0.312 bits per heavy atom. The van der Waals surface area contributed by atoms with Crippen molar-refractivity contribution in [3.63, 3.8) is 0 Å². The number of hydrogen-bond donors (Lipinski definition) is 0. The van der Waals surface area contributed by atoms with Gasteiger partial charge in [-0.3, -0.25) is 0 Å². The predicted octanol–water partition coefficient (Wildman–Crippen LogP) is 13.6. The molecule has 0 saturated heterocycles. The summed E-state index contributed by atoms with van der Waals surface area (Å²) < 4.78 is 74.1. The van der Waals surface area contributed by atoms with E-state index in [2.05, 4.69) is 18.2 Å². The van der Waals surface area contributed by atoms with E-state index in [1.54, 1.807) is 0 Å². The molecule has 0 radical (unpaired) electrons. The van der Waals surface area contributed by atoms with Crippen LogP contribution in [0.15, 0.2) is 182 Å². The van der Waals surface area contributed by atoms with Crippen molar-refractivity contribution in [3.05, 3.63) is 182 Å². The zero-order chi connectivity index (χ0) is 38.6. The molecule has 10 rings (SSSR count). The second-order valence-corrected chi connectivity index (χ2v) is 12.2. The molecule has 0 saturated carbocycles. The monoisotopic (exact) mass is 614 g/mol. The molecule has 0 aliphatic carbocycles. The van der Waals surface area contributed by atoms with Crippen LogP contribution < -0.4 is 0 Å². The van der Waals surface area contributed by atoms with Gasteiger partial charge >= 0.3 is 0 Å². The largest absolute Gasteiger partial charge is 0.0629 e. The summed E-state index contributed by atoms with van der Waals surface area (Å²) in [5, 5.41) is 8.26. The molecule has 0 amide bonds. The fourth-order valence-corrected chi connectivity index (χ4v) is 7.64. The summed E-state index contributed by atoms with van der Waals surface area (Å²) in [7, 11) is 0. The molecule has 0 nitrogen and oxygen atoms in total. The molecule has 0 heterocycles. The van der Waals surface area contributed by atoms with E-state index in [4.69, 9.17) is 5.48 Å². The van der Waals surface area contributed by atoms with E-state index in [-0.39, 0.29) is 45.7 Å². The molecule has 0 unspecified atom stereocenters. The summed E-state index contributed by atoms with van der Waals surface area (Å²) >= 11 is 0. The van der Waals surface area contributed by atoms with E-state index in [0.717, 1.165) is 54.2 Å². The van der Waals surface area contributed by atoms with Crippen LogP contribution in [0.2, 0.25) is 0 Å². The number of benzene rings is 10. The van der Waals surface area contributed by atoms with E-state index >= 15 is 0 Å². The van der Waals surface area contributed by atoms with Crippen molar-refractivity contribution in [3.8, 4) is 33.4 Å². The highest BCUT2D eigenvalue weighted by Crippen LogP contribution is 2.48. The molecule has 222 valence electrons. The van der Waals surface area contributed by atoms with Crippen molar-refractivity contribution < 1.29 is 11.0 Å². The van der Waals surface area contributed by atoms with Crippen LogP contribution in [0.3, 0.4) is 0 Å². The first kappa shape index (κ1) is 20.1. The number of hydrogen-bond acceptors (Lipinski definition) is 0. The first-order chi connectivity index (χ1) is 27.2. The van der Waals surface area contributed by atoms with Gasteiger partial charge in [0.2, 0.25) is 0 Å². The smallest absolute Gasteiger partial charge is 0.0622 e. The molecular formula is C48H30. The predicted molar refractivity (Wildman–Crippen MR) is 208 cm³/mol. The normalized spacial score (nSPS) is 14.1. The second kappa shape index (κ2) is 10.7. The van der Waals surface area contributed by atoms with Crippen molar-refractivity contribution in [2.24, 2.45) is 0 Å². The summed E-state index contributed by atoms with van der Waals surface area (Å²) in [6.07, 6.45) is 0. The lowest BCUT2D eigenvalue weighted by molar-refractivity contribution is 1.64. The lowest BCUT2D eigenvalue weighted by atomic mass is 9.82. The Morgan fingerprint density at radius 3 is 1.42 bits per heavy atom. The zero-order valence-corrected chi connectivity index (χ0v) is 25.7. The van der Waals surface area contributed by atoms with Gasteiger partial charge in [0.05, 0.1) is 11.0 Å². The van der Waals surface area contributed by atoms with Crippen molar-refractivity contribution in [1.29, 1.82) is 0 Å². The van der Waals surface area contributed by atoms with Gasteiger partial charge in [0.25, 0.3) is 0 Å². The van der Waals surface area contributed by atoms with Gasteiger partial charge in [0.15, 0.2) is 0 Å². The Balaban J connectivity index is 1.48. The van der Waals surface area contributed by atoms with Crippen LogP contribution in [0, 0.1) is 0 Å². The summed E-state index contributed by atoms with van der Waals surface area (Å²) in [5.74, 6) is 0.